The first-order valence-corrected chi connectivity index (χ1v) is 19.3. The molecule has 0 radical (unpaired) electrons. The van der Waals surface area contributed by atoms with Gasteiger partial charge in [0.1, 0.15) is 15.7 Å². The first-order chi connectivity index (χ1) is 23.7. The number of nitrogens with one attached hydrogen (secondary N) is 1. The van der Waals surface area contributed by atoms with Gasteiger partial charge in [-0.3, -0.25) is 19.0 Å². The summed E-state index contributed by atoms with van der Waals surface area (Å²) in [6, 6.07) is 13.3. The molecule has 262 valence electrons. The zero-order chi connectivity index (χ0) is 34.4. The van der Waals surface area contributed by atoms with E-state index in [1.807, 2.05) is 31.3 Å². The lowest BCUT2D eigenvalue weighted by Gasteiger charge is -2.43. The Bertz CT molecular complexity index is 1820. The van der Waals surface area contributed by atoms with Gasteiger partial charge in [-0.2, -0.15) is 5.10 Å². The van der Waals surface area contributed by atoms with E-state index in [-0.39, 0.29) is 18.3 Å². The minimum absolute atomic E-state index is 0.0454. The summed E-state index contributed by atoms with van der Waals surface area (Å²) in [7, 11) is 0.144. The van der Waals surface area contributed by atoms with Gasteiger partial charge in [0.15, 0.2) is 0 Å². The van der Waals surface area contributed by atoms with Crippen molar-refractivity contribution in [1.29, 1.82) is 0 Å². The number of amides is 2. The molecule has 4 atom stereocenters. The van der Waals surface area contributed by atoms with E-state index in [0.29, 0.717) is 60.6 Å². The van der Waals surface area contributed by atoms with Gasteiger partial charge >= 0.3 is 0 Å². The van der Waals surface area contributed by atoms with Crippen LogP contribution in [-0.4, -0.2) is 57.9 Å². The van der Waals surface area contributed by atoms with E-state index in [4.69, 9.17) is 21.1 Å². The quantitative estimate of drug-likeness (QED) is 0.303. The molecule has 6 rings (SSSR count). The van der Waals surface area contributed by atoms with Crippen molar-refractivity contribution in [3.63, 3.8) is 0 Å². The van der Waals surface area contributed by atoms with Crippen LogP contribution in [0.25, 0.3) is 0 Å². The molecule has 1 unspecified atom stereocenters. The van der Waals surface area contributed by atoms with E-state index in [9.17, 15) is 13.8 Å². The van der Waals surface area contributed by atoms with Crippen LogP contribution >= 0.6 is 11.6 Å². The highest BCUT2D eigenvalue weighted by atomic mass is 35.5. The normalized spacial score (nSPS) is 25.3. The van der Waals surface area contributed by atoms with Gasteiger partial charge in [0.25, 0.3) is 5.91 Å². The highest BCUT2D eigenvalue weighted by Gasteiger charge is 2.38. The van der Waals surface area contributed by atoms with E-state index in [1.165, 1.54) is 11.1 Å². The number of benzene rings is 2. The van der Waals surface area contributed by atoms with Crippen LogP contribution in [0.3, 0.4) is 0 Å². The lowest BCUT2D eigenvalue weighted by Crippen LogP contribution is -2.43. The molecule has 1 aliphatic carbocycles. The second-order valence-corrected chi connectivity index (χ2v) is 15.8. The fourth-order valence-corrected chi connectivity index (χ4v) is 8.86. The van der Waals surface area contributed by atoms with E-state index >= 15 is 0 Å². The van der Waals surface area contributed by atoms with E-state index < -0.39 is 21.7 Å². The van der Waals surface area contributed by atoms with Gasteiger partial charge in [-0.15, -0.1) is 4.36 Å². The largest absolute Gasteiger partial charge is 0.491 e. The average Bonchev–Trinajstić information content (AvgIpc) is 3.47. The number of rotatable bonds is 5. The topological polar surface area (TPSA) is 115 Å². The Kier molecular flexibility index (Phi) is 11.4. The molecule has 2 amide bonds. The van der Waals surface area contributed by atoms with Gasteiger partial charge in [0, 0.05) is 56.1 Å². The SMILES string of the molecule is CO[C@H]1/C=C/CCCS(=O)(NC(=O)CCc2ccnn2C)=NC(=O)c2ccc3c(c2)N(Cc2ccc(Cl)cc2CCCCO3)C[C@@H]2CC[C@H]21. The second-order valence-electron chi connectivity index (χ2n) is 13.3. The summed E-state index contributed by atoms with van der Waals surface area (Å²) >= 11 is 6.45. The standard InChI is InChI=1S/C37H46ClN5O5S/c1-42-31(18-19-39-42)14-17-36(44)40-49(46)21-7-3-4-9-34(47-2)32-15-11-29(32)25-43-24-28-10-13-30(38)22-26(28)8-5-6-20-48-35-16-12-27(23-33(35)43)37(45)41-49/h4,9-10,12-13,16,18-19,22-23,29,32,34H,3,5-8,11,14-15,17,20-21,24-25H2,1-2H3,(H,40,41,44,45,46)/b9-4+/t29-,32+,34-,49?/m0/s1. The summed E-state index contributed by atoms with van der Waals surface area (Å²) in [6.07, 6.45) is 12.3. The maximum atomic E-state index is 14.2. The molecule has 1 aromatic heterocycles. The fraction of sp³-hybridized carbons (Fsp3) is 0.486. The smallest absolute Gasteiger partial charge is 0.286 e. The Labute approximate surface area is 294 Å². The van der Waals surface area contributed by atoms with Crippen LogP contribution in [0.4, 0.5) is 5.69 Å². The Hall–Kier alpha value is -3.67. The van der Waals surface area contributed by atoms with Crippen LogP contribution in [0, 0.1) is 11.8 Å². The number of hydrogen-bond donors (Lipinski definition) is 1. The van der Waals surface area contributed by atoms with Crippen LogP contribution in [0.15, 0.2) is 65.2 Å². The summed E-state index contributed by atoms with van der Waals surface area (Å²) in [5.41, 5.74) is 4.36. The molecular weight excluding hydrogens is 662 g/mol. The van der Waals surface area contributed by atoms with Crippen molar-refractivity contribution >= 4 is 39.0 Å². The van der Waals surface area contributed by atoms with Gasteiger partial charge in [0.2, 0.25) is 5.91 Å². The Balaban J connectivity index is 1.38. The van der Waals surface area contributed by atoms with Gasteiger partial charge in [-0.1, -0.05) is 29.8 Å². The average molecular weight is 708 g/mol. The number of anilines is 1. The summed E-state index contributed by atoms with van der Waals surface area (Å²) < 4.78 is 35.2. The summed E-state index contributed by atoms with van der Waals surface area (Å²) in [6.45, 7) is 1.89. The van der Waals surface area contributed by atoms with E-state index in [2.05, 4.69) is 43.4 Å². The first kappa shape index (κ1) is 35.2. The van der Waals surface area contributed by atoms with Crippen molar-refractivity contribution in [1.82, 2.24) is 14.5 Å². The molecule has 1 saturated carbocycles. The number of fused-ring (bicyclic) bond motifs is 3. The van der Waals surface area contributed by atoms with Crippen LogP contribution in [0.1, 0.15) is 72.1 Å². The van der Waals surface area contributed by atoms with Crippen molar-refractivity contribution < 1.29 is 23.3 Å². The minimum Gasteiger partial charge on any atom is -0.491 e. The van der Waals surface area contributed by atoms with Gasteiger partial charge in [-0.05, 0) is 111 Å². The number of allylic oxidation sites excluding steroid dienone is 1. The van der Waals surface area contributed by atoms with Crippen LogP contribution in [-0.2, 0) is 45.9 Å². The van der Waals surface area contributed by atoms with Crippen molar-refractivity contribution in [3.05, 3.63) is 88.2 Å². The third-order valence-corrected chi connectivity index (χ3v) is 12.0. The number of carbonyl (C=O) groups is 2. The number of methoxy groups -OCH3 is 1. The van der Waals surface area contributed by atoms with Crippen LogP contribution < -0.4 is 14.4 Å². The lowest BCUT2D eigenvalue weighted by molar-refractivity contribution is -0.119. The van der Waals surface area contributed by atoms with Crippen molar-refractivity contribution in [2.24, 2.45) is 23.2 Å². The molecule has 2 aromatic carbocycles. The molecule has 0 spiro atoms. The Morgan fingerprint density at radius 3 is 2.78 bits per heavy atom. The number of nitrogens with zero attached hydrogens (tertiary/aromatic N) is 4. The third kappa shape index (κ3) is 8.74. The fourth-order valence-electron chi connectivity index (χ4n) is 7.04. The zero-order valence-electron chi connectivity index (χ0n) is 28.3. The predicted octanol–water partition coefficient (Wildman–Crippen LogP) is 6.46. The van der Waals surface area contributed by atoms with Crippen molar-refractivity contribution in [2.45, 2.75) is 70.4 Å². The van der Waals surface area contributed by atoms with E-state index in [1.54, 1.807) is 24.1 Å². The summed E-state index contributed by atoms with van der Waals surface area (Å²) in [4.78, 5) is 29.2. The Morgan fingerprint density at radius 2 is 2.00 bits per heavy atom. The number of carbonyl (C=O) groups excluding carboxylic acids is 2. The number of ether oxygens (including phenoxy) is 2. The number of halogens is 1. The Morgan fingerprint density at radius 1 is 1.12 bits per heavy atom. The lowest BCUT2D eigenvalue weighted by atomic mass is 9.70. The number of aryl methyl sites for hydroxylation is 3. The van der Waals surface area contributed by atoms with Gasteiger partial charge < -0.3 is 14.4 Å². The van der Waals surface area contributed by atoms with Gasteiger partial charge in [-0.25, -0.2) is 4.21 Å². The minimum atomic E-state index is -3.42. The molecule has 3 aliphatic rings. The third-order valence-electron chi connectivity index (χ3n) is 9.95. The molecule has 10 nitrogen and oxygen atoms in total. The zero-order valence-corrected chi connectivity index (χ0v) is 29.9. The maximum absolute atomic E-state index is 14.2. The molecular formula is C37H46ClN5O5S. The molecule has 2 aliphatic heterocycles. The predicted molar refractivity (Wildman–Crippen MR) is 192 cm³/mol. The molecule has 3 aromatic rings. The first-order valence-electron chi connectivity index (χ1n) is 17.3. The van der Waals surface area contributed by atoms with Crippen LogP contribution in [0.5, 0.6) is 5.75 Å². The molecule has 1 fully saturated rings. The van der Waals surface area contributed by atoms with Gasteiger partial charge in [0.05, 0.1) is 24.2 Å². The van der Waals surface area contributed by atoms with Crippen molar-refractivity contribution in [2.75, 3.05) is 30.9 Å². The summed E-state index contributed by atoms with van der Waals surface area (Å²) in [5.74, 6) is 0.389. The summed E-state index contributed by atoms with van der Waals surface area (Å²) in [5, 5.41) is 4.87. The molecule has 0 saturated heterocycles. The van der Waals surface area contributed by atoms with Crippen LogP contribution in [0.2, 0.25) is 5.02 Å². The molecule has 12 heteroatoms. The van der Waals surface area contributed by atoms with E-state index in [0.717, 1.165) is 50.0 Å². The molecule has 3 heterocycles. The molecule has 49 heavy (non-hydrogen) atoms. The monoisotopic (exact) mass is 707 g/mol. The number of aromatic nitrogens is 2. The second kappa shape index (κ2) is 15.9. The number of hydrogen-bond acceptors (Lipinski definition) is 7. The van der Waals surface area contributed by atoms with Crippen molar-refractivity contribution in [3.8, 4) is 5.75 Å². The highest BCUT2D eigenvalue weighted by molar-refractivity contribution is 7.92. The molecule has 1 N–H and O–H groups in total. The molecule has 2 bridgehead atoms. The highest BCUT2D eigenvalue weighted by Crippen LogP contribution is 2.42. The maximum Gasteiger partial charge on any atom is 0.286 e.